The van der Waals surface area contributed by atoms with Crippen LogP contribution in [-0.4, -0.2) is 19.1 Å². The van der Waals surface area contributed by atoms with Gasteiger partial charge in [-0.05, 0) is 25.1 Å². The van der Waals surface area contributed by atoms with Crippen molar-refractivity contribution in [2.75, 3.05) is 13.2 Å². The Labute approximate surface area is 131 Å². The minimum atomic E-state index is -0.0250. The highest BCUT2D eigenvalue weighted by Crippen LogP contribution is 2.24. The largest absolute Gasteiger partial charge is 0.457 e. The van der Waals surface area contributed by atoms with Gasteiger partial charge in [0.25, 0.3) is 0 Å². The van der Waals surface area contributed by atoms with E-state index in [-0.39, 0.29) is 5.91 Å². The van der Waals surface area contributed by atoms with Crippen molar-refractivity contribution in [1.29, 1.82) is 0 Å². The second kappa shape index (κ2) is 8.85. The third-order valence-electron chi connectivity index (χ3n) is 3.10. The summed E-state index contributed by atoms with van der Waals surface area (Å²) in [5.74, 6) is 1.50. The van der Waals surface area contributed by atoms with E-state index in [1.807, 2.05) is 61.5 Å². The van der Waals surface area contributed by atoms with E-state index in [9.17, 15) is 4.79 Å². The summed E-state index contributed by atoms with van der Waals surface area (Å²) < 4.78 is 11.0. The molecule has 0 radical (unpaired) electrons. The Bertz CT molecular complexity index is 584. The number of amides is 1. The zero-order valence-electron chi connectivity index (χ0n) is 12.7. The summed E-state index contributed by atoms with van der Waals surface area (Å²) >= 11 is 0. The van der Waals surface area contributed by atoms with Gasteiger partial charge >= 0.3 is 0 Å². The van der Waals surface area contributed by atoms with Gasteiger partial charge in [-0.3, -0.25) is 4.79 Å². The summed E-state index contributed by atoms with van der Waals surface area (Å²) in [5.41, 5.74) is 0.941. The lowest BCUT2D eigenvalue weighted by atomic mass is 10.2. The number of carbonyl (C=O) groups excluding carboxylic acids is 1. The number of rotatable bonds is 8. The third kappa shape index (κ3) is 5.22. The molecule has 2 rings (SSSR count). The first-order chi connectivity index (χ1) is 10.8. The number of hydrogen-bond donors (Lipinski definition) is 1. The minimum Gasteiger partial charge on any atom is -0.457 e. The highest BCUT2D eigenvalue weighted by Gasteiger charge is 2.06. The number of ether oxygens (including phenoxy) is 2. The van der Waals surface area contributed by atoms with Crippen LogP contribution in [0.2, 0.25) is 0 Å². The maximum atomic E-state index is 11.7. The second-order valence-corrected chi connectivity index (χ2v) is 4.75. The first-order valence-electron chi connectivity index (χ1n) is 7.45. The van der Waals surface area contributed by atoms with Gasteiger partial charge in [0.1, 0.15) is 11.5 Å². The molecule has 22 heavy (non-hydrogen) atoms. The fourth-order valence-electron chi connectivity index (χ4n) is 1.96. The van der Waals surface area contributed by atoms with Gasteiger partial charge in [-0.1, -0.05) is 36.4 Å². The molecule has 4 heteroatoms. The van der Waals surface area contributed by atoms with Crippen molar-refractivity contribution in [3.05, 3.63) is 60.2 Å². The number of nitrogens with one attached hydrogen (secondary N) is 1. The van der Waals surface area contributed by atoms with E-state index in [2.05, 4.69) is 5.32 Å². The van der Waals surface area contributed by atoms with Crippen molar-refractivity contribution in [1.82, 2.24) is 5.32 Å². The Morgan fingerprint density at radius 2 is 1.77 bits per heavy atom. The summed E-state index contributed by atoms with van der Waals surface area (Å²) in [6, 6.07) is 17.3. The summed E-state index contributed by atoms with van der Waals surface area (Å²) in [7, 11) is 0. The molecule has 0 aliphatic heterocycles. The van der Waals surface area contributed by atoms with Crippen molar-refractivity contribution < 1.29 is 14.3 Å². The van der Waals surface area contributed by atoms with Crippen LogP contribution in [0.15, 0.2) is 54.6 Å². The molecule has 0 unspecified atom stereocenters. The molecule has 0 aliphatic rings. The van der Waals surface area contributed by atoms with Crippen molar-refractivity contribution in [2.24, 2.45) is 0 Å². The lowest BCUT2D eigenvalue weighted by molar-refractivity contribution is -0.122. The standard InChI is InChI=1S/C18H21NO3/c1-2-21-13-12-18(20)19-14-15-8-6-7-11-17(15)22-16-9-4-3-5-10-16/h3-11H,2,12-14H2,1H3,(H,19,20). The maximum absolute atomic E-state index is 11.7. The Morgan fingerprint density at radius 1 is 1.05 bits per heavy atom. The lowest BCUT2D eigenvalue weighted by Crippen LogP contribution is -2.24. The van der Waals surface area contributed by atoms with E-state index in [1.54, 1.807) is 0 Å². The van der Waals surface area contributed by atoms with Crippen LogP contribution in [0.25, 0.3) is 0 Å². The van der Waals surface area contributed by atoms with Gasteiger partial charge in [-0.25, -0.2) is 0 Å². The number of hydrogen-bond acceptors (Lipinski definition) is 3. The van der Waals surface area contributed by atoms with Crippen LogP contribution < -0.4 is 10.1 Å². The molecule has 0 aromatic heterocycles. The van der Waals surface area contributed by atoms with E-state index in [1.165, 1.54) is 0 Å². The molecule has 4 nitrogen and oxygen atoms in total. The molecule has 0 atom stereocenters. The van der Waals surface area contributed by atoms with Crippen LogP contribution in [-0.2, 0) is 16.1 Å². The van der Waals surface area contributed by atoms with E-state index in [4.69, 9.17) is 9.47 Å². The van der Waals surface area contributed by atoms with Crippen LogP contribution in [0, 0.1) is 0 Å². The van der Waals surface area contributed by atoms with Gasteiger partial charge < -0.3 is 14.8 Å². The Balaban J connectivity index is 1.92. The van der Waals surface area contributed by atoms with Crippen molar-refractivity contribution in [3.8, 4) is 11.5 Å². The minimum absolute atomic E-state index is 0.0250. The summed E-state index contributed by atoms with van der Waals surface area (Å²) in [6.45, 7) is 3.43. The lowest BCUT2D eigenvalue weighted by Gasteiger charge is -2.12. The molecule has 0 saturated carbocycles. The molecule has 2 aromatic rings. The van der Waals surface area contributed by atoms with E-state index >= 15 is 0 Å². The molecule has 0 heterocycles. The zero-order valence-corrected chi connectivity index (χ0v) is 12.7. The van der Waals surface area contributed by atoms with Gasteiger partial charge in [0.15, 0.2) is 0 Å². The van der Waals surface area contributed by atoms with Gasteiger partial charge in [-0.2, -0.15) is 0 Å². The van der Waals surface area contributed by atoms with Gasteiger partial charge in [-0.15, -0.1) is 0 Å². The highest BCUT2D eigenvalue weighted by molar-refractivity contribution is 5.76. The first-order valence-corrected chi connectivity index (χ1v) is 7.45. The molecule has 1 N–H and O–H groups in total. The molecule has 116 valence electrons. The van der Waals surface area contributed by atoms with Crippen molar-refractivity contribution >= 4 is 5.91 Å². The Hall–Kier alpha value is -2.33. The number of carbonyl (C=O) groups is 1. The fraction of sp³-hybridized carbons (Fsp3) is 0.278. The second-order valence-electron chi connectivity index (χ2n) is 4.75. The van der Waals surface area contributed by atoms with Crippen molar-refractivity contribution in [3.63, 3.8) is 0 Å². The summed E-state index contributed by atoms with van der Waals surface area (Å²) in [5, 5.41) is 2.89. The normalized spacial score (nSPS) is 10.2. The molecule has 0 saturated heterocycles. The number of benzene rings is 2. The van der Waals surface area contributed by atoms with Gasteiger partial charge in [0, 0.05) is 25.1 Å². The third-order valence-corrected chi connectivity index (χ3v) is 3.10. The summed E-state index contributed by atoms with van der Waals surface area (Å²) in [4.78, 5) is 11.7. The first kappa shape index (κ1) is 16.0. The SMILES string of the molecule is CCOCCC(=O)NCc1ccccc1Oc1ccccc1. The molecule has 2 aromatic carbocycles. The predicted octanol–water partition coefficient (Wildman–Crippen LogP) is 3.52. The molecular weight excluding hydrogens is 278 g/mol. The van der Waals surface area contributed by atoms with Crippen LogP contribution in [0.1, 0.15) is 18.9 Å². The zero-order chi connectivity index (χ0) is 15.6. The molecule has 1 amide bonds. The molecule has 0 fully saturated rings. The van der Waals surface area contributed by atoms with Crippen LogP contribution in [0.4, 0.5) is 0 Å². The van der Waals surface area contributed by atoms with Crippen LogP contribution in [0.5, 0.6) is 11.5 Å². The van der Waals surface area contributed by atoms with Crippen molar-refractivity contribution in [2.45, 2.75) is 19.9 Å². The molecule has 0 spiro atoms. The Morgan fingerprint density at radius 3 is 2.55 bits per heavy atom. The van der Waals surface area contributed by atoms with Crippen LogP contribution in [0.3, 0.4) is 0 Å². The number of para-hydroxylation sites is 2. The molecular formula is C18H21NO3. The maximum Gasteiger partial charge on any atom is 0.222 e. The van der Waals surface area contributed by atoms with Crippen LogP contribution >= 0.6 is 0 Å². The average molecular weight is 299 g/mol. The average Bonchev–Trinajstić information content (AvgIpc) is 2.55. The van der Waals surface area contributed by atoms with E-state index in [0.29, 0.717) is 26.2 Å². The fourth-order valence-corrected chi connectivity index (χ4v) is 1.96. The predicted molar refractivity (Wildman–Crippen MR) is 85.9 cm³/mol. The van der Waals surface area contributed by atoms with E-state index in [0.717, 1.165) is 17.1 Å². The smallest absolute Gasteiger partial charge is 0.222 e. The molecule has 0 aliphatic carbocycles. The van der Waals surface area contributed by atoms with Gasteiger partial charge in [0.05, 0.1) is 6.61 Å². The Kier molecular flexibility index (Phi) is 6.45. The molecule has 0 bridgehead atoms. The highest BCUT2D eigenvalue weighted by atomic mass is 16.5. The topological polar surface area (TPSA) is 47.6 Å². The monoisotopic (exact) mass is 299 g/mol. The van der Waals surface area contributed by atoms with Gasteiger partial charge in [0.2, 0.25) is 5.91 Å². The quantitative estimate of drug-likeness (QED) is 0.759. The summed E-state index contributed by atoms with van der Waals surface area (Å²) in [6.07, 6.45) is 0.371. The van der Waals surface area contributed by atoms with E-state index < -0.39 is 0 Å².